The maximum absolute atomic E-state index is 13.9. The molecule has 1 heterocycles. The minimum absolute atomic E-state index is 0.0258. The van der Waals surface area contributed by atoms with E-state index in [0.717, 1.165) is 0 Å². The molecule has 0 spiro atoms. The fourth-order valence-corrected chi connectivity index (χ4v) is 2.60. The van der Waals surface area contributed by atoms with Gasteiger partial charge in [0.05, 0.1) is 45.5 Å². The number of aliphatic carboxylic acids is 1. The molecule has 2 rings (SSSR count). The van der Waals surface area contributed by atoms with Gasteiger partial charge in [-0.3, -0.25) is 9.59 Å². The summed E-state index contributed by atoms with van der Waals surface area (Å²) in [4.78, 5) is 25.2. The SMILES string of the molecule is COCCOCc1cc(C(=O)N2CCOCC2CC(=O)O)ccc1F. The molecule has 1 N–H and O–H groups in total. The molecule has 1 fully saturated rings. The summed E-state index contributed by atoms with van der Waals surface area (Å²) < 4.78 is 29.3. The molecule has 0 saturated carbocycles. The van der Waals surface area contributed by atoms with Crippen molar-refractivity contribution in [3.05, 3.63) is 35.1 Å². The van der Waals surface area contributed by atoms with Crippen molar-refractivity contribution in [2.24, 2.45) is 0 Å². The molecule has 1 saturated heterocycles. The van der Waals surface area contributed by atoms with E-state index < -0.39 is 17.8 Å². The van der Waals surface area contributed by atoms with Gasteiger partial charge in [-0.25, -0.2) is 4.39 Å². The Hall–Kier alpha value is -2.03. The quantitative estimate of drug-likeness (QED) is 0.708. The molecule has 8 heteroatoms. The van der Waals surface area contributed by atoms with E-state index in [1.165, 1.54) is 23.1 Å². The molecule has 1 aliphatic heterocycles. The van der Waals surface area contributed by atoms with Crippen molar-refractivity contribution in [2.75, 3.05) is 40.1 Å². The third-order valence-corrected chi connectivity index (χ3v) is 3.88. The summed E-state index contributed by atoms with van der Waals surface area (Å²) in [5, 5.41) is 8.99. The fraction of sp³-hybridized carbons (Fsp3) is 0.529. The van der Waals surface area contributed by atoms with Gasteiger partial charge in [0.15, 0.2) is 0 Å². The first-order valence-corrected chi connectivity index (χ1v) is 7.98. The highest BCUT2D eigenvalue weighted by atomic mass is 19.1. The first kappa shape index (κ1) is 19.3. The first-order chi connectivity index (χ1) is 12.0. The van der Waals surface area contributed by atoms with Gasteiger partial charge in [0, 0.05) is 24.8 Å². The average molecular weight is 355 g/mol. The molecule has 7 nitrogen and oxygen atoms in total. The number of carbonyl (C=O) groups excluding carboxylic acids is 1. The lowest BCUT2D eigenvalue weighted by molar-refractivity contribution is -0.139. The third kappa shape index (κ3) is 5.48. The number of carboxylic acid groups (broad SMARTS) is 1. The lowest BCUT2D eigenvalue weighted by Gasteiger charge is -2.35. The number of hydrogen-bond acceptors (Lipinski definition) is 5. The second-order valence-corrected chi connectivity index (χ2v) is 5.68. The van der Waals surface area contributed by atoms with Gasteiger partial charge in [-0.1, -0.05) is 0 Å². The highest BCUT2D eigenvalue weighted by Gasteiger charge is 2.30. The van der Waals surface area contributed by atoms with E-state index in [9.17, 15) is 14.0 Å². The molecule has 1 atom stereocenters. The summed E-state index contributed by atoms with van der Waals surface area (Å²) in [6.07, 6.45) is -0.195. The Bertz CT molecular complexity index is 609. The van der Waals surface area contributed by atoms with Crippen LogP contribution < -0.4 is 0 Å². The number of hydrogen-bond donors (Lipinski definition) is 1. The van der Waals surface area contributed by atoms with Crippen molar-refractivity contribution >= 4 is 11.9 Å². The number of halogens is 1. The van der Waals surface area contributed by atoms with E-state index in [4.69, 9.17) is 19.3 Å². The van der Waals surface area contributed by atoms with Crippen molar-refractivity contribution in [3.63, 3.8) is 0 Å². The van der Waals surface area contributed by atoms with Crippen LogP contribution in [0, 0.1) is 5.82 Å². The summed E-state index contributed by atoms with van der Waals surface area (Å²) in [6, 6.07) is 3.52. The highest BCUT2D eigenvalue weighted by molar-refractivity contribution is 5.95. The van der Waals surface area contributed by atoms with Gasteiger partial charge in [-0.05, 0) is 18.2 Å². The predicted molar refractivity (Wildman–Crippen MR) is 85.8 cm³/mol. The van der Waals surface area contributed by atoms with Crippen molar-refractivity contribution in [1.82, 2.24) is 4.90 Å². The second kappa shape index (κ2) is 9.45. The molecule has 138 valence electrons. The molecule has 1 aliphatic rings. The van der Waals surface area contributed by atoms with Crippen LogP contribution in [0.5, 0.6) is 0 Å². The zero-order valence-corrected chi connectivity index (χ0v) is 14.1. The molecule has 25 heavy (non-hydrogen) atoms. The number of rotatable bonds is 8. The topological polar surface area (TPSA) is 85.3 Å². The van der Waals surface area contributed by atoms with Crippen molar-refractivity contribution < 1.29 is 33.3 Å². The minimum atomic E-state index is -1.00. The van der Waals surface area contributed by atoms with Gasteiger partial charge in [0.25, 0.3) is 5.91 Å². The Balaban J connectivity index is 2.10. The van der Waals surface area contributed by atoms with Gasteiger partial charge in [0.1, 0.15) is 5.82 Å². The molecule has 1 unspecified atom stereocenters. The van der Waals surface area contributed by atoms with Gasteiger partial charge in [-0.2, -0.15) is 0 Å². The number of carboxylic acids is 1. The van der Waals surface area contributed by atoms with E-state index in [1.807, 2.05) is 0 Å². The van der Waals surface area contributed by atoms with Crippen LogP contribution in [0.1, 0.15) is 22.3 Å². The molecule has 1 aromatic rings. The van der Waals surface area contributed by atoms with Crippen LogP contribution in [0.4, 0.5) is 4.39 Å². The van der Waals surface area contributed by atoms with E-state index in [2.05, 4.69) is 0 Å². The summed E-state index contributed by atoms with van der Waals surface area (Å²) in [6.45, 7) is 1.55. The first-order valence-electron chi connectivity index (χ1n) is 7.98. The minimum Gasteiger partial charge on any atom is -0.481 e. The lowest BCUT2D eigenvalue weighted by atomic mass is 10.1. The second-order valence-electron chi connectivity index (χ2n) is 5.68. The number of carbonyl (C=O) groups is 2. The van der Waals surface area contributed by atoms with E-state index in [1.54, 1.807) is 7.11 Å². The molecule has 0 aliphatic carbocycles. The number of amides is 1. The van der Waals surface area contributed by atoms with Crippen LogP contribution >= 0.6 is 0 Å². The van der Waals surface area contributed by atoms with Crippen LogP contribution in [0.2, 0.25) is 0 Å². The summed E-state index contributed by atoms with van der Waals surface area (Å²) in [5.41, 5.74) is 0.564. The number of ether oxygens (including phenoxy) is 3. The normalized spacial score (nSPS) is 17.5. The lowest BCUT2D eigenvalue weighted by Crippen LogP contribution is -2.49. The van der Waals surface area contributed by atoms with Crippen LogP contribution in [0.25, 0.3) is 0 Å². The highest BCUT2D eigenvalue weighted by Crippen LogP contribution is 2.18. The summed E-state index contributed by atoms with van der Waals surface area (Å²) in [5.74, 6) is -1.80. The number of morpholine rings is 1. The Kier molecular flexibility index (Phi) is 7.30. The van der Waals surface area contributed by atoms with E-state index in [-0.39, 0.29) is 31.1 Å². The average Bonchev–Trinajstić information content (AvgIpc) is 2.59. The van der Waals surface area contributed by atoms with Gasteiger partial charge < -0.3 is 24.2 Å². The maximum Gasteiger partial charge on any atom is 0.305 e. The number of benzene rings is 1. The molecule has 0 aromatic heterocycles. The van der Waals surface area contributed by atoms with Crippen LogP contribution in [-0.4, -0.2) is 68.0 Å². The van der Waals surface area contributed by atoms with Gasteiger partial charge >= 0.3 is 5.97 Å². The van der Waals surface area contributed by atoms with Crippen LogP contribution in [0.15, 0.2) is 18.2 Å². The van der Waals surface area contributed by atoms with E-state index >= 15 is 0 Å². The molecular formula is C17H22FNO6. The standard InChI is InChI=1S/C17H22FNO6/c1-23-6-7-25-10-13-8-12(2-3-15(13)18)17(22)19-4-5-24-11-14(19)9-16(20)21/h2-3,8,14H,4-7,9-11H2,1H3,(H,20,21). The predicted octanol–water partition coefficient (Wildman–Crippen LogP) is 1.30. The summed E-state index contributed by atoms with van der Waals surface area (Å²) >= 11 is 0. The Morgan fingerprint density at radius 1 is 1.40 bits per heavy atom. The molecule has 0 bridgehead atoms. The molecule has 0 radical (unpaired) electrons. The third-order valence-electron chi connectivity index (χ3n) is 3.88. The molecular weight excluding hydrogens is 333 g/mol. The zero-order chi connectivity index (χ0) is 18.2. The number of nitrogens with zero attached hydrogens (tertiary/aromatic N) is 1. The van der Waals surface area contributed by atoms with Gasteiger partial charge in [-0.15, -0.1) is 0 Å². The van der Waals surface area contributed by atoms with Crippen LogP contribution in [-0.2, 0) is 25.6 Å². The van der Waals surface area contributed by atoms with Crippen molar-refractivity contribution in [2.45, 2.75) is 19.1 Å². The smallest absolute Gasteiger partial charge is 0.305 e. The summed E-state index contributed by atoms with van der Waals surface area (Å²) in [7, 11) is 1.54. The maximum atomic E-state index is 13.9. The monoisotopic (exact) mass is 355 g/mol. The fourth-order valence-electron chi connectivity index (χ4n) is 2.60. The largest absolute Gasteiger partial charge is 0.481 e. The Morgan fingerprint density at radius 2 is 2.20 bits per heavy atom. The molecule has 1 amide bonds. The molecule has 1 aromatic carbocycles. The van der Waals surface area contributed by atoms with Crippen molar-refractivity contribution in [3.8, 4) is 0 Å². The van der Waals surface area contributed by atoms with Crippen LogP contribution in [0.3, 0.4) is 0 Å². The Labute approximate surface area is 145 Å². The number of methoxy groups -OCH3 is 1. The van der Waals surface area contributed by atoms with Crippen molar-refractivity contribution in [1.29, 1.82) is 0 Å². The zero-order valence-electron chi connectivity index (χ0n) is 14.1. The van der Waals surface area contributed by atoms with E-state index in [0.29, 0.717) is 31.9 Å². The van der Waals surface area contributed by atoms with Gasteiger partial charge in [0.2, 0.25) is 0 Å². The Morgan fingerprint density at radius 3 is 2.92 bits per heavy atom.